The molecule has 0 aliphatic rings. The normalized spacial score (nSPS) is 12.2. The van der Waals surface area contributed by atoms with Gasteiger partial charge in [0, 0.05) is 23.1 Å². The Hall–Kier alpha value is -1.99. The van der Waals surface area contributed by atoms with Gasteiger partial charge in [-0.05, 0) is 20.0 Å². The molecule has 20 heavy (non-hydrogen) atoms. The fourth-order valence-corrected chi connectivity index (χ4v) is 2.63. The van der Waals surface area contributed by atoms with E-state index in [0.29, 0.717) is 17.0 Å². The van der Waals surface area contributed by atoms with Crippen LogP contribution in [0.5, 0.6) is 5.75 Å². The van der Waals surface area contributed by atoms with E-state index in [1.807, 2.05) is 19.4 Å². The second-order valence-corrected chi connectivity index (χ2v) is 5.11. The third-order valence-electron chi connectivity index (χ3n) is 3.00. The van der Waals surface area contributed by atoms with Gasteiger partial charge in [-0.15, -0.1) is 11.3 Å². The molecule has 0 amide bonds. The molecule has 0 saturated heterocycles. The van der Waals surface area contributed by atoms with E-state index in [9.17, 15) is 10.1 Å². The third-order valence-corrected chi connectivity index (χ3v) is 4.02. The van der Waals surface area contributed by atoms with Crippen LogP contribution in [0.1, 0.15) is 18.0 Å². The molecule has 2 rings (SSSR count). The highest BCUT2D eigenvalue weighted by Crippen LogP contribution is 2.34. The molecule has 0 aliphatic heterocycles. The van der Waals surface area contributed by atoms with Crippen molar-refractivity contribution in [1.29, 1.82) is 0 Å². The Kier molecular flexibility index (Phi) is 4.31. The van der Waals surface area contributed by atoms with Gasteiger partial charge in [-0.1, -0.05) is 0 Å². The van der Waals surface area contributed by atoms with Crippen LogP contribution in [0.25, 0.3) is 11.3 Å². The van der Waals surface area contributed by atoms with Gasteiger partial charge >= 0.3 is 0 Å². The average molecular weight is 293 g/mol. The summed E-state index contributed by atoms with van der Waals surface area (Å²) in [7, 11) is 3.40. The summed E-state index contributed by atoms with van der Waals surface area (Å²) in [4.78, 5) is 15.0. The number of benzene rings is 1. The van der Waals surface area contributed by atoms with Gasteiger partial charge in [-0.3, -0.25) is 10.1 Å². The van der Waals surface area contributed by atoms with Crippen molar-refractivity contribution < 1.29 is 9.66 Å². The van der Waals surface area contributed by atoms with Gasteiger partial charge < -0.3 is 10.1 Å². The van der Waals surface area contributed by atoms with Crippen LogP contribution >= 0.6 is 11.3 Å². The zero-order chi connectivity index (χ0) is 14.7. The van der Waals surface area contributed by atoms with Crippen LogP contribution in [0.15, 0.2) is 23.6 Å². The largest absolute Gasteiger partial charge is 0.496 e. The van der Waals surface area contributed by atoms with E-state index < -0.39 is 4.92 Å². The number of rotatable bonds is 5. The minimum atomic E-state index is -0.424. The minimum Gasteiger partial charge on any atom is -0.496 e. The van der Waals surface area contributed by atoms with Gasteiger partial charge in [0.2, 0.25) is 0 Å². The smallest absolute Gasteiger partial charge is 0.270 e. The Balaban J connectivity index is 2.47. The van der Waals surface area contributed by atoms with Crippen LogP contribution in [0, 0.1) is 10.1 Å². The zero-order valence-corrected chi connectivity index (χ0v) is 12.2. The Morgan fingerprint density at radius 1 is 1.50 bits per heavy atom. The van der Waals surface area contributed by atoms with E-state index in [4.69, 9.17) is 4.74 Å². The molecule has 106 valence electrons. The standard InChI is InChI=1S/C13H15N3O3S/c1-8(14-2)13-15-11(7-20-13)10-6-9(16(17)18)4-5-12(10)19-3/h4-8,14H,1-3H3. The predicted octanol–water partition coefficient (Wildman–Crippen LogP) is 3.01. The van der Waals surface area contributed by atoms with E-state index in [2.05, 4.69) is 10.3 Å². The van der Waals surface area contributed by atoms with Gasteiger partial charge in [-0.25, -0.2) is 4.98 Å². The lowest BCUT2D eigenvalue weighted by Crippen LogP contribution is -2.11. The summed E-state index contributed by atoms with van der Waals surface area (Å²) >= 11 is 1.51. The topological polar surface area (TPSA) is 77.3 Å². The number of nitro benzene ring substituents is 1. The van der Waals surface area contributed by atoms with Crippen LogP contribution in [0.4, 0.5) is 5.69 Å². The number of thiazole rings is 1. The van der Waals surface area contributed by atoms with E-state index >= 15 is 0 Å². The number of aromatic nitrogens is 1. The molecule has 6 nitrogen and oxygen atoms in total. The lowest BCUT2D eigenvalue weighted by molar-refractivity contribution is -0.384. The Morgan fingerprint density at radius 2 is 2.25 bits per heavy atom. The van der Waals surface area contributed by atoms with Crippen LogP contribution < -0.4 is 10.1 Å². The molecular formula is C13H15N3O3S. The highest BCUT2D eigenvalue weighted by molar-refractivity contribution is 7.10. The molecule has 2 aromatic rings. The summed E-state index contributed by atoms with van der Waals surface area (Å²) < 4.78 is 5.26. The molecule has 1 atom stereocenters. The van der Waals surface area contributed by atoms with E-state index in [0.717, 1.165) is 5.01 Å². The lowest BCUT2D eigenvalue weighted by atomic mass is 10.1. The number of methoxy groups -OCH3 is 1. The molecule has 7 heteroatoms. The molecule has 1 unspecified atom stereocenters. The summed E-state index contributed by atoms with van der Waals surface area (Å²) in [5.74, 6) is 0.574. The highest BCUT2D eigenvalue weighted by Gasteiger charge is 2.16. The van der Waals surface area contributed by atoms with Crippen molar-refractivity contribution in [1.82, 2.24) is 10.3 Å². The molecule has 0 spiro atoms. The summed E-state index contributed by atoms with van der Waals surface area (Å²) in [6.45, 7) is 2.01. The first-order valence-corrected chi connectivity index (χ1v) is 6.90. The molecular weight excluding hydrogens is 278 g/mol. The van der Waals surface area contributed by atoms with Crippen molar-refractivity contribution in [2.24, 2.45) is 0 Å². The fraction of sp³-hybridized carbons (Fsp3) is 0.308. The molecule has 0 saturated carbocycles. The van der Waals surface area contributed by atoms with Crippen molar-refractivity contribution in [3.8, 4) is 17.0 Å². The number of non-ortho nitro benzene ring substituents is 1. The number of nitrogens with zero attached hydrogens (tertiary/aromatic N) is 2. The first-order valence-electron chi connectivity index (χ1n) is 6.02. The van der Waals surface area contributed by atoms with Gasteiger partial charge in [0.05, 0.1) is 23.8 Å². The minimum absolute atomic E-state index is 0.0250. The quantitative estimate of drug-likeness (QED) is 0.677. The van der Waals surface area contributed by atoms with Crippen molar-refractivity contribution >= 4 is 17.0 Å². The molecule has 0 radical (unpaired) electrons. The highest BCUT2D eigenvalue weighted by atomic mass is 32.1. The third kappa shape index (κ3) is 2.78. The van der Waals surface area contributed by atoms with Crippen LogP contribution in [0.3, 0.4) is 0 Å². The van der Waals surface area contributed by atoms with Crippen molar-refractivity contribution in [2.45, 2.75) is 13.0 Å². The monoisotopic (exact) mass is 293 g/mol. The van der Waals surface area contributed by atoms with Crippen molar-refractivity contribution in [3.05, 3.63) is 38.7 Å². The lowest BCUT2D eigenvalue weighted by Gasteiger charge is -2.07. The summed E-state index contributed by atoms with van der Waals surface area (Å²) in [5.41, 5.74) is 1.34. The Bertz CT molecular complexity index is 627. The molecule has 1 aromatic heterocycles. The summed E-state index contributed by atoms with van der Waals surface area (Å²) in [6, 6.07) is 4.64. The zero-order valence-electron chi connectivity index (χ0n) is 11.4. The van der Waals surface area contributed by atoms with Crippen LogP contribution in [0.2, 0.25) is 0 Å². The van der Waals surface area contributed by atoms with Gasteiger partial charge in [0.15, 0.2) is 0 Å². The van der Waals surface area contributed by atoms with E-state index in [1.165, 1.54) is 30.6 Å². The van der Waals surface area contributed by atoms with Crippen LogP contribution in [-0.2, 0) is 0 Å². The first-order chi connectivity index (χ1) is 9.56. The maximum absolute atomic E-state index is 10.9. The second-order valence-electron chi connectivity index (χ2n) is 4.22. The SMILES string of the molecule is CNC(C)c1nc(-c2cc([N+](=O)[O-])ccc2OC)cs1. The molecule has 0 bridgehead atoms. The number of nitrogens with one attached hydrogen (secondary N) is 1. The van der Waals surface area contributed by atoms with E-state index in [1.54, 1.807) is 6.07 Å². The Labute approximate surface area is 120 Å². The second kappa shape index (κ2) is 5.98. The maximum Gasteiger partial charge on any atom is 0.270 e. The summed E-state index contributed by atoms with van der Waals surface area (Å²) in [6.07, 6.45) is 0. The molecule has 0 aliphatic carbocycles. The first kappa shape index (κ1) is 14.4. The van der Waals surface area contributed by atoms with Gasteiger partial charge in [-0.2, -0.15) is 0 Å². The predicted molar refractivity (Wildman–Crippen MR) is 78.2 cm³/mol. The maximum atomic E-state index is 10.9. The molecule has 0 fully saturated rings. The van der Waals surface area contributed by atoms with Gasteiger partial charge in [0.25, 0.3) is 5.69 Å². The number of hydrogen-bond donors (Lipinski definition) is 1. The fourth-order valence-electron chi connectivity index (χ4n) is 1.74. The average Bonchev–Trinajstić information content (AvgIpc) is 2.95. The van der Waals surface area contributed by atoms with Crippen LogP contribution in [-0.4, -0.2) is 24.1 Å². The summed E-state index contributed by atoms with van der Waals surface area (Å²) in [5, 5.41) is 16.8. The van der Waals surface area contributed by atoms with Crippen molar-refractivity contribution in [2.75, 3.05) is 14.2 Å². The van der Waals surface area contributed by atoms with Gasteiger partial charge in [0.1, 0.15) is 10.8 Å². The van der Waals surface area contributed by atoms with E-state index in [-0.39, 0.29) is 11.7 Å². The number of ether oxygens (including phenoxy) is 1. The number of hydrogen-bond acceptors (Lipinski definition) is 6. The van der Waals surface area contributed by atoms with Crippen molar-refractivity contribution in [3.63, 3.8) is 0 Å². The molecule has 1 N–H and O–H groups in total. The molecule has 1 heterocycles. The Morgan fingerprint density at radius 3 is 2.85 bits per heavy atom. The molecule has 1 aromatic carbocycles. The number of nitro groups is 1.